The lowest BCUT2D eigenvalue weighted by molar-refractivity contribution is -0.918. The molecule has 2 heterocycles. The van der Waals surface area contributed by atoms with Crippen molar-refractivity contribution in [3.63, 3.8) is 0 Å². The molecule has 2 aliphatic heterocycles. The van der Waals surface area contributed by atoms with Crippen molar-refractivity contribution in [2.45, 2.75) is 76.4 Å². The number of nitrogens with zero attached hydrogens (tertiary/aromatic N) is 1. The number of nitrogens with one attached hydrogen (secondary N) is 3. The van der Waals surface area contributed by atoms with Crippen LogP contribution in [0.3, 0.4) is 0 Å². The summed E-state index contributed by atoms with van der Waals surface area (Å²) >= 11 is 0. The summed E-state index contributed by atoms with van der Waals surface area (Å²) in [7, 11) is 0. The lowest BCUT2D eigenvalue weighted by atomic mass is 9.98. The Morgan fingerprint density at radius 1 is 1.00 bits per heavy atom. The summed E-state index contributed by atoms with van der Waals surface area (Å²) in [5, 5.41) is 5.83. The summed E-state index contributed by atoms with van der Waals surface area (Å²) in [4.78, 5) is 40.0. The van der Waals surface area contributed by atoms with Crippen LogP contribution in [0.15, 0.2) is 24.3 Å². The Balaban J connectivity index is 1.16. The van der Waals surface area contributed by atoms with Crippen LogP contribution in [-0.2, 0) is 22.7 Å². The van der Waals surface area contributed by atoms with Gasteiger partial charge in [0.25, 0.3) is 5.91 Å². The fourth-order valence-corrected chi connectivity index (χ4v) is 5.18. The second-order valence-corrected chi connectivity index (χ2v) is 9.36. The van der Waals surface area contributed by atoms with Crippen LogP contribution >= 0.6 is 0 Å². The molecule has 3 aliphatic rings. The molecule has 3 fully saturated rings. The van der Waals surface area contributed by atoms with E-state index in [0.717, 1.165) is 37.8 Å². The number of rotatable bonds is 8. The average Bonchev–Trinajstić information content (AvgIpc) is 3.34. The van der Waals surface area contributed by atoms with E-state index in [2.05, 4.69) is 34.9 Å². The van der Waals surface area contributed by atoms with Gasteiger partial charge in [-0.1, -0.05) is 37.1 Å². The van der Waals surface area contributed by atoms with Gasteiger partial charge in [0.15, 0.2) is 0 Å². The van der Waals surface area contributed by atoms with Crippen molar-refractivity contribution in [3.8, 4) is 0 Å². The molecule has 7 nitrogen and oxygen atoms in total. The number of hydrogen-bond acceptors (Lipinski definition) is 3. The molecule has 4 rings (SSSR count). The van der Waals surface area contributed by atoms with Crippen molar-refractivity contribution in [1.82, 2.24) is 15.5 Å². The number of benzene rings is 1. The molecule has 31 heavy (non-hydrogen) atoms. The van der Waals surface area contributed by atoms with Crippen LogP contribution in [0.2, 0.25) is 0 Å². The number of quaternary nitrogens is 1. The summed E-state index contributed by atoms with van der Waals surface area (Å²) in [5.41, 5.74) is 1.77. The van der Waals surface area contributed by atoms with E-state index in [1.807, 2.05) is 0 Å². The Labute approximate surface area is 184 Å². The normalized spacial score (nSPS) is 21.0. The van der Waals surface area contributed by atoms with Crippen molar-refractivity contribution >= 4 is 17.8 Å². The molecule has 2 saturated heterocycles. The molecule has 1 spiro atoms. The van der Waals surface area contributed by atoms with Crippen LogP contribution in [-0.4, -0.2) is 47.9 Å². The first-order valence-corrected chi connectivity index (χ1v) is 11.9. The summed E-state index contributed by atoms with van der Waals surface area (Å²) < 4.78 is 0. The number of carbonyl (C=O) groups is 3. The van der Waals surface area contributed by atoms with Gasteiger partial charge in [0.05, 0.1) is 13.1 Å². The zero-order valence-corrected chi connectivity index (χ0v) is 18.4. The quantitative estimate of drug-likeness (QED) is 0.550. The minimum atomic E-state index is -0.666. The average molecular weight is 428 g/mol. The number of amides is 4. The molecule has 0 atom stereocenters. The Kier molecular flexibility index (Phi) is 6.90. The Morgan fingerprint density at radius 3 is 2.39 bits per heavy atom. The highest BCUT2D eigenvalue weighted by Gasteiger charge is 2.52. The van der Waals surface area contributed by atoms with Crippen molar-refractivity contribution in [2.24, 2.45) is 0 Å². The van der Waals surface area contributed by atoms with Crippen LogP contribution in [0.25, 0.3) is 0 Å². The predicted molar refractivity (Wildman–Crippen MR) is 117 cm³/mol. The number of hydrogen-bond donors (Lipinski definition) is 3. The molecule has 0 aromatic heterocycles. The summed E-state index contributed by atoms with van der Waals surface area (Å²) in [6.07, 6.45) is 8.22. The van der Waals surface area contributed by atoms with E-state index in [4.69, 9.17) is 0 Å². The molecule has 1 aliphatic carbocycles. The molecular formula is C24H35N4O3+. The van der Waals surface area contributed by atoms with Crippen LogP contribution in [0.5, 0.6) is 0 Å². The lowest BCUT2D eigenvalue weighted by Crippen LogP contribution is -3.11. The minimum Gasteiger partial charge on any atom is -0.352 e. The van der Waals surface area contributed by atoms with Gasteiger partial charge in [-0.15, -0.1) is 0 Å². The van der Waals surface area contributed by atoms with Gasteiger partial charge in [-0.25, -0.2) is 4.79 Å². The van der Waals surface area contributed by atoms with E-state index in [-0.39, 0.29) is 17.8 Å². The number of likely N-dealkylation sites (tertiary alicyclic amines) is 1. The topological polar surface area (TPSA) is 83.0 Å². The predicted octanol–water partition coefficient (Wildman–Crippen LogP) is 1.52. The number of carbonyl (C=O) groups excluding carboxylic acids is 3. The lowest BCUT2D eigenvalue weighted by Gasteiger charge is -2.23. The molecule has 4 amide bonds. The number of imide groups is 1. The van der Waals surface area contributed by atoms with Crippen molar-refractivity contribution in [3.05, 3.63) is 35.4 Å². The zero-order valence-electron chi connectivity index (χ0n) is 18.4. The highest BCUT2D eigenvalue weighted by atomic mass is 16.2. The van der Waals surface area contributed by atoms with E-state index in [1.54, 1.807) is 4.90 Å². The van der Waals surface area contributed by atoms with Crippen LogP contribution < -0.4 is 15.5 Å². The van der Waals surface area contributed by atoms with Crippen LogP contribution in [0, 0.1) is 0 Å². The van der Waals surface area contributed by atoms with E-state index < -0.39 is 5.54 Å². The second-order valence-electron chi connectivity index (χ2n) is 9.36. The monoisotopic (exact) mass is 427 g/mol. The van der Waals surface area contributed by atoms with Gasteiger partial charge in [0.1, 0.15) is 12.1 Å². The van der Waals surface area contributed by atoms with Crippen molar-refractivity contribution in [2.75, 3.05) is 19.6 Å². The van der Waals surface area contributed by atoms with Crippen LogP contribution in [0.4, 0.5) is 4.79 Å². The maximum absolute atomic E-state index is 12.6. The fourth-order valence-electron chi connectivity index (χ4n) is 5.18. The largest absolute Gasteiger partial charge is 0.352 e. The maximum Gasteiger partial charge on any atom is 0.325 e. The van der Waals surface area contributed by atoms with Crippen molar-refractivity contribution < 1.29 is 19.3 Å². The minimum absolute atomic E-state index is 0.0514. The van der Waals surface area contributed by atoms with Gasteiger partial charge < -0.3 is 15.5 Å². The zero-order chi connectivity index (χ0) is 21.7. The summed E-state index contributed by atoms with van der Waals surface area (Å²) in [6.45, 7) is 4.42. The number of urea groups is 1. The molecule has 1 aromatic carbocycles. The van der Waals surface area contributed by atoms with Gasteiger partial charge in [0, 0.05) is 25.1 Å². The Bertz CT molecular complexity index is 796. The third-order valence-electron chi connectivity index (χ3n) is 7.02. The smallest absolute Gasteiger partial charge is 0.325 e. The first-order valence-electron chi connectivity index (χ1n) is 11.9. The Hall–Kier alpha value is -2.41. The van der Waals surface area contributed by atoms with Crippen LogP contribution in [0.1, 0.15) is 68.9 Å². The van der Waals surface area contributed by atoms with Gasteiger partial charge in [0.2, 0.25) is 5.91 Å². The molecule has 1 aromatic rings. The van der Waals surface area contributed by atoms with Gasteiger partial charge in [-0.3, -0.25) is 14.5 Å². The first-order chi connectivity index (χ1) is 15.1. The molecule has 0 bridgehead atoms. The van der Waals surface area contributed by atoms with Gasteiger partial charge in [-0.2, -0.15) is 0 Å². The molecule has 3 N–H and O–H groups in total. The maximum atomic E-state index is 12.6. The van der Waals surface area contributed by atoms with Gasteiger partial charge in [-0.05, 0) is 44.1 Å². The molecule has 1 saturated carbocycles. The third kappa shape index (κ3) is 5.26. The van der Waals surface area contributed by atoms with E-state index in [9.17, 15) is 14.4 Å². The van der Waals surface area contributed by atoms with Crippen molar-refractivity contribution in [1.29, 1.82) is 0 Å². The second kappa shape index (κ2) is 9.81. The fraction of sp³-hybridized carbons (Fsp3) is 0.625. The standard InChI is InChI=1S/C24H34N4O3/c29-21(7-6-16-28-22(30)24(26-23(28)31)12-2-3-13-24)25-17-19-8-10-20(11-9-19)18-27-14-4-1-5-15-27/h8-11H,1-7,12-18H2,(H,25,29)(H,26,31)/p+1. The highest BCUT2D eigenvalue weighted by molar-refractivity contribution is 6.07. The molecular weight excluding hydrogens is 392 g/mol. The Morgan fingerprint density at radius 2 is 1.68 bits per heavy atom. The number of piperidine rings is 1. The molecule has 168 valence electrons. The molecule has 7 heteroatoms. The third-order valence-corrected chi connectivity index (χ3v) is 7.02. The molecule has 0 unspecified atom stereocenters. The van der Waals surface area contributed by atoms with E-state index in [0.29, 0.717) is 25.9 Å². The van der Waals surface area contributed by atoms with E-state index in [1.165, 1.54) is 42.8 Å². The van der Waals surface area contributed by atoms with E-state index >= 15 is 0 Å². The highest BCUT2D eigenvalue weighted by Crippen LogP contribution is 2.35. The summed E-state index contributed by atoms with van der Waals surface area (Å²) in [6, 6.07) is 8.21. The first kappa shape index (κ1) is 21.8. The SMILES string of the molecule is O=C(CCCN1C(=O)NC2(CCCC2)C1=O)NCc1ccc(C[NH+]2CCCCC2)cc1. The molecule has 0 radical (unpaired) electrons. The summed E-state index contributed by atoms with van der Waals surface area (Å²) in [5.74, 6) is -0.161. The van der Waals surface area contributed by atoms with Gasteiger partial charge >= 0.3 is 6.03 Å².